The van der Waals surface area contributed by atoms with E-state index in [2.05, 4.69) is 17.4 Å². The molecule has 1 N–H and O–H groups in total. The normalized spacial score (nSPS) is 24.6. The number of hydrogen-bond acceptors (Lipinski definition) is 6. The van der Waals surface area contributed by atoms with Crippen molar-refractivity contribution in [2.75, 3.05) is 6.54 Å². The number of carbonyl (C=O) groups excluding carboxylic acids is 2. The van der Waals surface area contributed by atoms with Crippen LogP contribution in [-0.4, -0.2) is 51.9 Å². The van der Waals surface area contributed by atoms with E-state index in [4.69, 9.17) is 0 Å². The molecule has 31 heavy (non-hydrogen) atoms. The number of alkyl halides is 3. The van der Waals surface area contributed by atoms with Crippen molar-refractivity contribution in [3.8, 4) is 0 Å². The Morgan fingerprint density at radius 2 is 1.84 bits per heavy atom. The highest BCUT2D eigenvalue weighted by atomic mass is 32.1. The number of ether oxygens (including phenoxy) is 1. The van der Waals surface area contributed by atoms with Crippen LogP contribution in [0.25, 0.3) is 0 Å². The van der Waals surface area contributed by atoms with Crippen LogP contribution in [0.2, 0.25) is 0 Å². The smallest absolute Gasteiger partial charge is 0.478 e. The van der Waals surface area contributed by atoms with Gasteiger partial charge in [-0.1, -0.05) is 18.2 Å². The summed E-state index contributed by atoms with van der Waals surface area (Å²) in [4.78, 5) is 37.1. The second-order valence-corrected chi connectivity index (χ2v) is 8.00. The number of carbonyl (C=O) groups is 3. The number of piperidine rings is 1. The second kappa shape index (κ2) is 8.99. The van der Waals surface area contributed by atoms with E-state index in [0.29, 0.717) is 18.9 Å². The summed E-state index contributed by atoms with van der Waals surface area (Å²) in [6.07, 6.45) is -5.34. The second-order valence-electron chi connectivity index (χ2n) is 7.38. The number of rotatable bonds is 6. The maximum absolute atomic E-state index is 14.6. The third-order valence-corrected chi connectivity index (χ3v) is 5.71. The predicted molar refractivity (Wildman–Crippen MR) is 103 cm³/mol. The first-order valence-corrected chi connectivity index (χ1v) is 9.96. The average Bonchev–Trinajstić information content (AvgIpc) is 3.51. The summed E-state index contributed by atoms with van der Waals surface area (Å²) in [6.45, 7) is -0.0710. The van der Waals surface area contributed by atoms with E-state index in [1.807, 2.05) is 0 Å². The standard InChI is InChI=1S/C20H19F4NO5S/c21-13-4-2-1-3-11(13)16(17(28)10-5-6-10)25-8-7-14(31)12(9-15(26)27)18(25)30-19(29)20(22,23)24/h1-4,9-10,14,16,18,31H,5-8H2,(H,26,27)/b12-9+. The summed E-state index contributed by atoms with van der Waals surface area (Å²) >= 11 is 4.22. The van der Waals surface area contributed by atoms with Crippen molar-refractivity contribution in [3.05, 3.63) is 47.3 Å². The fourth-order valence-electron chi connectivity index (χ4n) is 3.57. The van der Waals surface area contributed by atoms with Gasteiger partial charge in [0.2, 0.25) is 0 Å². The van der Waals surface area contributed by atoms with Gasteiger partial charge in [0.15, 0.2) is 12.0 Å². The van der Waals surface area contributed by atoms with E-state index in [9.17, 15) is 37.1 Å². The molecule has 0 bridgehead atoms. The monoisotopic (exact) mass is 461 g/mol. The van der Waals surface area contributed by atoms with Gasteiger partial charge in [0, 0.05) is 34.9 Å². The van der Waals surface area contributed by atoms with Crippen molar-refractivity contribution in [3.63, 3.8) is 0 Å². The third-order valence-electron chi connectivity index (χ3n) is 5.15. The molecule has 1 aromatic carbocycles. The number of ketones is 1. The first-order valence-electron chi connectivity index (χ1n) is 9.45. The maximum atomic E-state index is 14.6. The molecule has 1 saturated heterocycles. The van der Waals surface area contributed by atoms with E-state index in [0.717, 1.165) is 11.0 Å². The minimum atomic E-state index is -5.35. The van der Waals surface area contributed by atoms with E-state index < -0.39 is 53.2 Å². The molecule has 0 spiro atoms. The Hall–Kier alpha value is -2.40. The number of aliphatic carboxylic acids is 1. The van der Waals surface area contributed by atoms with Crippen LogP contribution in [0, 0.1) is 11.7 Å². The molecule has 6 nitrogen and oxygen atoms in total. The zero-order valence-corrected chi connectivity index (χ0v) is 16.9. The molecule has 0 amide bonds. The number of halogens is 4. The number of nitrogens with zero attached hydrogens (tertiary/aromatic N) is 1. The van der Waals surface area contributed by atoms with Crippen molar-refractivity contribution >= 4 is 30.4 Å². The number of Topliss-reactive ketones (excluding diaryl/α,β-unsaturated/α-hetero) is 1. The lowest BCUT2D eigenvalue weighted by Gasteiger charge is -2.43. The summed E-state index contributed by atoms with van der Waals surface area (Å²) in [6, 6.07) is 3.96. The minimum Gasteiger partial charge on any atom is -0.478 e. The molecule has 3 unspecified atom stereocenters. The summed E-state index contributed by atoms with van der Waals surface area (Å²) in [5.41, 5.74) is -0.315. The van der Waals surface area contributed by atoms with Crippen LogP contribution in [0.3, 0.4) is 0 Å². The minimum absolute atomic E-state index is 0.0710. The molecule has 0 aromatic heterocycles. The van der Waals surface area contributed by atoms with Crippen molar-refractivity contribution < 1.29 is 41.8 Å². The summed E-state index contributed by atoms with van der Waals surface area (Å²) in [5, 5.41) is 8.33. The van der Waals surface area contributed by atoms with Crippen LogP contribution in [0.4, 0.5) is 17.6 Å². The summed E-state index contributed by atoms with van der Waals surface area (Å²) in [5.74, 6) is -5.61. The van der Waals surface area contributed by atoms with E-state index >= 15 is 0 Å². The van der Waals surface area contributed by atoms with Crippen molar-refractivity contribution in [1.82, 2.24) is 4.90 Å². The van der Waals surface area contributed by atoms with Crippen molar-refractivity contribution in [2.24, 2.45) is 5.92 Å². The van der Waals surface area contributed by atoms with Gasteiger partial charge in [-0.25, -0.2) is 14.0 Å². The quantitative estimate of drug-likeness (QED) is 0.293. The van der Waals surface area contributed by atoms with Crippen LogP contribution >= 0.6 is 12.6 Å². The van der Waals surface area contributed by atoms with Gasteiger partial charge in [0.05, 0.1) is 0 Å². The van der Waals surface area contributed by atoms with Crippen LogP contribution in [0.1, 0.15) is 30.9 Å². The SMILES string of the molecule is O=C(O)/C=C1\C(S)CCN(C(C(=O)C2CC2)c2ccccc2F)C1OC(=O)C(F)(F)F. The Bertz CT molecular complexity index is 915. The number of carboxylic acids is 1. The van der Waals surface area contributed by atoms with Crippen molar-refractivity contribution in [1.29, 1.82) is 0 Å². The van der Waals surface area contributed by atoms with Gasteiger partial charge in [0.25, 0.3) is 0 Å². The summed E-state index contributed by atoms with van der Waals surface area (Å²) in [7, 11) is 0. The lowest BCUT2D eigenvalue weighted by molar-refractivity contribution is -0.212. The highest BCUT2D eigenvalue weighted by Gasteiger charge is 2.49. The molecule has 168 valence electrons. The van der Waals surface area contributed by atoms with Crippen LogP contribution < -0.4 is 0 Å². The molecule has 1 aromatic rings. The first kappa shape index (κ1) is 23.3. The fourth-order valence-corrected chi connectivity index (χ4v) is 3.89. The van der Waals surface area contributed by atoms with E-state index in [1.54, 1.807) is 0 Å². The predicted octanol–water partition coefficient (Wildman–Crippen LogP) is 3.29. The van der Waals surface area contributed by atoms with E-state index in [-0.39, 0.29) is 24.1 Å². The molecule has 11 heteroatoms. The van der Waals surface area contributed by atoms with E-state index in [1.165, 1.54) is 18.2 Å². The van der Waals surface area contributed by atoms with Crippen LogP contribution in [0.15, 0.2) is 35.9 Å². The number of hydrogen-bond donors (Lipinski definition) is 2. The van der Waals surface area contributed by atoms with Gasteiger partial charge in [-0.05, 0) is 25.3 Å². The number of benzene rings is 1. The van der Waals surface area contributed by atoms with Gasteiger partial charge in [-0.3, -0.25) is 9.69 Å². The summed E-state index contributed by atoms with van der Waals surface area (Å²) < 4.78 is 58.0. The van der Waals surface area contributed by atoms with Crippen LogP contribution in [-0.2, 0) is 19.1 Å². The topological polar surface area (TPSA) is 83.9 Å². The highest BCUT2D eigenvalue weighted by Crippen LogP contribution is 2.42. The molecule has 1 aliphatic carbocycles. The van der Waals surface area contributed by atoms with Gasteiger partial charge < -0.3 is 9.84 Å². The molecule has 3 rings (SSSR count). The van der Waals surface area contributed by atoms with Crippen LogP contribution in [0.5, 0.6) is 0 Å². The van der Waals surface area contributed by atoms with Gasteiger partial charge in [-0.2, -0.15) is 25.8 Å². The zero-order chi connectivity index (χ0) is 22.9. The maximum Gasteiger partial charge on any atom is 0.490 e. The molecule has 3 atom stereocenters. The number of likely N-dealkylation sites (tertiary alicyclic amines) is 1. The van der Waals surface area contributed by atoms with Gasteiger partial charge in [0.1, 0.15) is 11.9 Å². The zero-order valence-electron chi connectivity index (χ0n) is 16.0. The Morgan fingerprint density at radius 1 is 1.19 bits per heavy atom. The van der Waals surface area contributed by atoms with Crippen molar-refractivity contribution in [2.45, 2.75) is 43.0 Å². The Balaban J connectivity index is 2.10. The molecule has 2 fully saturated rings. The van der Waals surface area contributed by atoms with Gasteiger partial charge >= 0.3 is 18.1 Å². The van der Waals surface area contributed by atoms with Gasteiger partial charge in [-0.15, -0.1) is 0 Å². The molecule has 1 saturated carbocycles. The Kier molecular flexibility index (Phi) is 6.75. The lowest BCUT2D eigenvalue weighted by Crippen LogP contribution is -2.52. The number of esters is 1. The molecular weight excluding hydrogens is 442 g/mol. The molecular formula is C20H19F4NO5S. The molecule has 2 aliphatic rings. The molecule has 1 aliphatic heterocycles. The molecule has 1 heterocycles. The highest BCUT2D eigenvalue weighted by molar-refractivity contribution is 7.81. The Labute approximate surface area is 180 Å². The largest absolute Gasteiger partial charge is 0.490 e. The Morgan fingerprint density at radius 3 is 2.39 bits per heavy atom. The first-order chi connectivity index (χ1) is 14.5. The molecule has 0 radical (unpaired) electrons. The number of carboxylic acid groups (broad SMARTS) is 1. The fraction of sp³-hybridized carbons (Fsp3) is 0.450. The number of thiol groups is 1. The average molecular weight is 461 g/mol. The third kappa shape index (κ3) is 5.27. The lowest BCUT2D eigenvalue weighted by atomic mass is 9.92.